The summed E-state index contributed by atoms with van der Waals surface area (Å²) in [7, 11) is 0. The summed E-state index contributed by atoms with van der Waals surface area (Å²) in [6, 6.07) is 5.50. The summed E-state index contributed by atoms with van der Waals surface area (Å²) in [6.07, 6.45) is -5.03. The normalized spacial score (nSPS) is 10.9. The molecular weight excluding hydrogens is 494 g/mol. The molecule has 0 fully saturated rings. The van der Waals surface area contributed by atoms with Crippen molar-refractivity contribution in [3.8, 4) is 5.88 Å². The van der Waals surface area contributed by atoms with Gasteiger partial charge in [-0.3, -0.25) is 14.2 Å². The summed E-state index contributed by atoms with van der Waals surface area (Å²) in [5.74, 6) is -5.32. The molecule has 0 aliphatic rings. The van der Waals surface area contributed by atoms with E-state index in [1.807, 2.05) is 0 Å². The van der Waals surface area contributed by atoms with Gasteiger partial charge in [-0.15, -0.1) is 0 Å². The molecule has 1 aromatic heterocycles. The summed E-state index contributed by atoms with van der Waals surface area (Å²) >= 11 is 0. The molecule has 0 spiro atoms. The molecular formula is C20H23F4N7O5. The topological polar surface area (TPSA) is 176 Å². The predicted molar refractivity (Wildman–Crippen MR) is 118 cm³/mol. The van der Waals surface area contributed by atoms with Crippen LogP contribution in [0.4, 0.5) is 23.4 Å². The Kier molecular flexibility index (Phi) is 9.57. The van der Waals surface area contributed by atoms with Crippen molar-refractivity contribution in [2.45, 2.75) is 26.1 Å². The van der Waals surface area contributed by atoms with Crippen LogP contribution in [0.3, 0.4) is 0 Å². The molecule has 16 heteroatoms. The van der Waals surface area contributed by atoms with E-state index in [4.69, 9.17) is 16.3 Å². The monoisotopic (exact) mass is 517 g/mol. The standard InChI is InChI=1S/C20H23F4N7O5/c1-11-16(36-18(34)20(22,23)24)29-15(28-7-6-12-2-4-13(21)5-3-12)17(33)31(11)10-14(32)27-8-9-35-30-19(25)26/h2-5H,6-10H2,1H3,(H,27,32)(H,28,29)(H4,25,26,30). The zero-order valence-corrected chi connectivity index (χ0v) is 18.9. The van der Waals surface area contributed by atoms with Crippen LogP contribution < -0.4 is 32.4 Å². The molecule has 1 aromatic carbocycles. The number of nitrogens with zero attached hydrogens (tertiary/aromatic N) is 3. The Bertz CT molecular complexity index is 1160. The molecule has 1 amide bonds. The van der Waals surface area contributed by atoms with Gasteiger partial charge in [-0.05, 0) is 36.2 Å². The van der Waals surface area contributed by atoms with E-state index >= 15 is 0 Å². The van der Waals surface area contributed by atoms with Gasteiger partial charge in [0.05, 0.1) is 12.2 Å². The van der Waals surface area contributed by atoms with Crippen LogP contribution in [0, 0.1) is 12.7 Å². The molecule has 6 N–H and O–H groups in total. The lowest BCUT2D eigenvalue weighted by atomic mass is 10.1. The average molecular weight is 517 g/mol. The van der Waals surface area contributed by atoms with Gasteiger partial charge in [0.1, 0.15) is 19.0 Å². The number of aromatic nitrogens is 2. The second-order valence-electron chi connectivity index (χ2n) is 7.13. The van der Waals surface area contributed by atoms with Crippen LogP contribution >= 0.6 is 0 Å². The first-order valence-electron chi connectivity index (χ1n) is 10.2. The third-order valence-electron chi connectivity index (χ3n) is 4.40. The van der Waals surface area contributed by atoms with E-state index in [1.165, 1.54) is 24.3 Å². The first kappa shape index (κ1) is 27.9. The van der Waals surface area contributed by atoms with Crippen LogP contribution in [0.1, 0.15) is 11.3 Å². The largest absolute Gasteiger partial charge is 0.491 e. The molecule has 1 heterocycles. The number of nitrogens with one attached hydrogen (secondary N) is 2. The maximum Gasteiger partial charge on any atom is 0.491 e. The Balaban J connectivity index is 2.22. The number of carbonyl (C=O) groups excluding carboxylic acids is 2. The van der Waals surface area contributed by atoms with E-state index in [9.17, 15) is 31.9 Å². The Morgan fingerprint density at radius 1 is 1.17 bits per heavy atom. The molecule has 0 unspecified atom stereocenters. The Morgan fingerprint density at radius 3 is 2.44 bits per heavy atom. The molecule has 2 rings (SSSR count). The molecule has 0 saturated carbocycles. The highest BCUT2D eigenvalue weighted by Gasteiger charge is 2.42. The number of guanidine groups is 1. The fraction of sp³-hybridized carbons (Fsp3) is 0.350. The fourth-order valence-electron chi connectivity index (χ4n) is 2.71. The molecule has 0 aliphatic heterocycles. The van der Waals surface area contributed by atoms with Gasteiger partial charge in [0.25, 0.3) is 5.56 Å². The smallest absolute Gasteiger partial charge is 0.399 e. The van der Waals surface area contributed by atoms with Crippen LogP contribution in [-0.4, -0.2) is 53.3 Å². The Hall–Kier alpha value is -4.37. The van der Waals surface area contributed by atoms with E-state index in [1.54, 1.807) is 0 Å². The van der Waals surface area contributed by atoms with Gasteiger partial charge in [0, 0.05) is 6.54 Å². The van der Waals surface area contributed by atoms with E-state index < -0.39 is 47.7 Å². The lowest BCUT2D eigenvalue weighted by Crippen LogP contribution is -2.37. The fourth-order valence-corrected chi connectivity index (χ4v) is 2.71. The Morgan fingerprint density at radius 2 is 1.83 bits per heavy atom. The number of hydrogen-bond donors (Lipinski definition) is 4. The number of anilines is 1. The van der Waals surface area contributed by atoms with E-state index in [2.05, 4.69) is 25.5 Å². The molecule has 36 heavy (non-hydrogen) atoms. The minimum absolute atomic E-state index is 0.0623. The summed E-state index contributed by atoms with van der Waals surface area (Å²) in [6.45, 7) is 0.410. The predicted octanol–water partition coefficient (Wildman–Crippen LogP) is 0.134. The molecule has 2 aromatic rings. The minimum atomic E-state index is -5.32. The molecule has 0 aliphatic carbocycles. The number of esters is 1. The number of nitrogens with two attached hydrogens (primary N) is 2. The molecule has 196 valence electrons. The maximum absolute atomic E-state index is 13.0. The molecule has 0 saturated heterocycles. The van der Waals surface area contributed by atoms with Crippen molar-refractivity contribution in [3.63, 3.8) is 0 Å². The number of hydrogen-bond acceptors (Lipinski definition) is 8. The number of oxime groups is 1. The number of rotatable bonds is 11. The van der Waals surface area contributed by atoms with Gasteiger partial charge in [-0.2, -0.15) is 18.2 Å². The SMILES string of the molecule is Cc1c(OC(=O)C(F)(F)F)nc(NCCc2ccc(F)cc2)c(=O)n1CC(=O)NCCON=C(N)N. The Labute approximate surface area is 201 Å². The van der Waals surface area contributed by atoms with Crippen molar-refractivity contribution >= 4 is 23.7 Å². The zero-order valence-electron chi connectivity index (χ0n) is 18.9. The quantitative estimate of drug-likeness (QED) is 0.0806. The van der Waals surface area contributed by atoms with E-state index in [-0.39, 0.29) is 31.3 Å². The number of amides is 1. The number of benzene rings is 1. The van der Waals surface area contributed by atoms with Gasteiger partial charge in [0.15, 0.2) is 5.82 Å². The first-order valence-corrected chi connectivity index (χ1v) is 10.2. The van der Waals surface area contributed by atoms with Crippen molar-refractivity contribution in [1.29, 1.82) is 0 Å². The van der Waals surface area contributed by atoms with Gasteiger partial charge in [0.2, 0.25) is 17.7 Å². The van der Waals surface area contributed by atoms with Gasteiger partial charge in [-0.1, -0.05) is 12.1 Å². The lowest BCUT2D eigenvalue weighted by molar-refractivity contribution is -0.190. The maximum atomic E-state index is 13.0. The zero-order chi connectivity index (χ0) is 26.9. The third kappa shape index (κ3) is 8.44. The second kappa shape index (κ2) is 12.4. The van der Waals surface area contributed by atoms with E-state index in [0.29, 0.717) is 12.0 Å². The minimum Gasteiger partial charge on any atom is -0.399 e. The van der Waals surface area contributed by atoms with Crippen molar-refractivity contribution in [2.24, 2.45) is 16.6 Å². The van der Waals surface area contributed by atoms with Crippen molar-refractivity contribution in [2.75, 3.05) is 25.0 Å². The number of ether oxygens (including phenoxy) is 1. The van der Waals surface area contributed by atoms with Crippen LogP contribution in [0.2, 0.25) is 0 Å². The van der Waals surface area contributed by atoms with Crippen molar-refractivity contribution in [3.05, 3.63) is 51.7 Å². The number of carbonyl (C=O) groups is 2. The van der Waals surface area contributed by atoms with Crippen LogP contribution in [0.15, 0.2) is 34.2 Å². The van der Waals surface area contributed by atoms with Crippen LogP contribution in [0.25, 0.3) is 0 Å². The number of halogens is 4. The first-order chi connectivity index (χ1) is 16.9. The molecule has 12 nitrogen and oxygen atoms in total. The summed E-state index contributed by atoms with van der Waals surface area (Å²) in [4.78, 5) is 44.9. The van der Waals surface area contributed by atoms with Gasteiger partial charge < -0.3 is 31.7 Å². The highest BCUT2D eigenvalue weighted by Crippen LogP contribution is 2.21. The molecule has 0 radical (unpaired) electrons. The van der Waals surface area contributed by atoms with Gasteiger partial charge >= 0.3 is 12.1 Å². The van der Waals surface area contributed by atoms with Crippen molar-refractivity contribution in [1.82, 2.24) is 14.9 Å². The average Bonchev–Trinajstić information content (AvgIpc) is 2.79. The summed E-state index contributed by atoms with van der Waals surface area (Å²) in [5.41, 5.74) is 9.70. The second-order valence-corrected chi connectivity index (χ2v) is 7.13. The number of alkyl halides is 3. The highest BCUT2D eigenvalue weighted by atomic mass is 19.4. The summed E-state index contributed by atoms with van der Waals surface area (Å²) in [5, 5.41) is 8.29. The van der Waals surface area contributed by atoms with Crippen LogP contribution in [-0.2, 0) is 27.4 Å². The lowest BCUT2D eigenvalue weighted by Gasteiger charge is -2.16. The van der Waals surface area contributed by atoms with E-state index in [0.717, 1.165) is 11.5 Å². The van der Waals surface area contributed by atoms with Crippen molar-refractivity contribution < 1.29 is 36.7 Å². The highest BCUT2D eigenvalue weighted by molar-refractivity contribution is 5.78. The molecule has 0 bridgehead atoms. The summed E-state index contributed by atoms with van der Waals surface area (Å²) < 4.78 is 56.3. The molecule has 0 atom stereocenters. The van der Waals surface area contributed by atoms with Crippen LogP contribution in [0.5, 0.6) is 5.88 Å². The third-order valence-corrected chi connectivity index (χ3v) is 4.40. The van der Waals surface area contributed by atoms with Gasteiger partial charge in [-0.25, -0.2) is 9.18 Å².